The number of amides is 1. The summed E-state index contributed by atoms with van der Waals surface area (Å²) in [5.74, 6) is -0.0724. The molecule has 1 amide bonds. The Morgan fingerprint density at radius 3 is 0.959 bits per heavy atom. The topological polar surface area (TPSA) is 95.9 Å². The Balaban J connectivity index is 3.46. The molecule has 0 spiro atoms. The first-order valence-electron chi connectivity index (χ1n) is 33.6. The summed E-state index contributed by atoms with van der Waals surface area (Å²) in [7, 11) is 0. The Labute approximate surface area is 462 Å². The van der Waals surface area contributed by atoms with E-state index in [-0.39, 0.29) is 18.5 Å². The van der Waals surface area contributed by atoms with Crippen LogP contribution in [0.3, 0.4) is 0 Å². The van der Waals surface area contributed by atoms with Gasteiger partial charge in [0.25, 0.3) is 0 Å². The van der Waals surface area contributed by atoms with E-state index in [9.17, 15) is 19.8 Å². The number of aliphatic hydroxyl groups excluding tert-OH is 2. The second-order valence-corrected chi connectivity index (χ2v) is 23.2. The molecule has 0 aromatic heterocycles. The Morgan fingerprint density at radius 1 is 0.365 bits per heavy atom. The summed E-state index contributed by atoms with van der Waals surface area (Å²) in [4.78, 5) is 24.6. The standard InChI is InChI=1S/C68H131NO5/c1-3-5-7-9-11-13-15-17-19-20-21-22-23-24-25-26-29-33-36-40-44-48-52-56-60-66(71)65(64-70)69-67(72)61-57-53-49-45-41-37-34-30-27-28-31-35-39-43-47-51-55-59-63-74-68(73)62-58-54-50-46-42-38-32-18-16-14-12-10-8-6-4-2/h30,34,56,60,65-66,70-71H,3-29,31-33,35-55,57-59,61-64H2,1-2H3,(H,69,72)/b34-30-,60-56+. The summed E-state index contributed by atoms with van der Waals surface area (Å²) < 4.78 is 5.49. The van der Waals surface area contributed by atoms with Crippen LogP contribution in [0.2, 0.25) is 0 Å². The van der Waals surface area contributed by atoms with Gasteiger partial charge in [0.1, 0.15) is 0 Å². The molecule has 0 fully saturated rings. The second kappa shape index (κ2) is 63.9. The molecule has 0 aromatic carbocycles. The molecule has 2 atom stereocenters. The van der Waals surface area contributed by atoms with Crippen LogP contribution in [0.15, 0.2) is 24.3 Å². The highest BCUT2D eigenvalue weighted by molar-refractivity contribution is 5.76. The number of rotatable bonds is 63. The van der Waals surface area contributed by atoms with Crippen molar-refractivity contribution in [3.05, 3.63) is 24.3 Å². The maximum atomic E-state index is 12.5. The van der Waals surface area contributed by atoms with Crippen molar-refractivity contribution >= 4 is 11.9 Å². The van der Waals surface area contributed by atoms with Gasteiger partial charge in [-0.15, -0.1) is 0 Å². The average molecular weight is 1040 g/mol. The lowest BCUT2D eigenvalue weighted by Crippen LogP contribution is -2.45. The molecule has 74 heavy (non-hydrogen) atoms. The van der Waals surface area contributed by atoms with E-state index in [2.05, 4.69) is 31.3 Å². The third-order valence-corrected chi connectivity index (χ3v) is 15.7. The highest BCUT2D eigenvalue weighted by Crippen LogP contribution is 2.18. The Bertz CT molecular complexity index is 1150. The van der Waals surface area contributed by atoms with Crippen LogP contribution in [0, 0.1) is 0 Å². The van der Waals surface area contributed by atoms with Crippen LogP contribution in [0.1, 0.15) is 373 Å². The monoisotopic (exact) mass is 1040 g/mol. The van der Waals surface area contributed by atoms with E-state index in [1.807, 2.05) is 6.08 Å². The quantitative estimate of drug-likeness (QED) is 0.0320. The van der Waals surface area contributed by atoms with Crippen molar-refractivity contribution in [2.24, 2.45) is 0 Å². The number of carbonyl (C=O) groups excluding carboxylic acids is 2. The van der Waals surface area contributed by atoms with Crippen LogP contribution in [0.5, 0.6) is 0 Å². The van der Waals surface area contributed by atoms with E-state index in [1.54, 1.807) is 6.08 Å². The normalized spacial score (nSPS) is 12.6. The van der Waals surface area contributed by atoms with E-state index in [0.29, 0.717) is 19.4 Å². The number of allylic oxidation sites excluding steroid dienone is 3. The lowest BCUT2D eigenvalue weighted by Gasteiger charge is -2.20. The first-order chi connectivity index (χ1) is 36.5. The van der Waals surface area contributed by atoms with Gasteiger partial charge in [-0.25, -0.2) is 0 Å². The second-order valence-electron chi connectivity index (χ2n) is 23.2. The lowest BCUT2D eigenvalue weighted by molar-refractivity contribution is -0.143. The van der Waals surface area contributed by atoms with Crippen LogP contribution in [0.25, 0.3) is 0 Å². The van der Waals surface area contributed by atoms with E-state index in [4.69, 9.17) is 4.74 Å². The number of esters is 1. The average Bonchev–Trinajstić information content (AvgIpc) is 3.40. The summed E-state index contributed by atoms with van der Waals surface area (Å²) in [5, 5.41) is 23.2. The number of aliphatic hydroxyl groups is 2. The van der Waals surface area contributed by atoms with Gasteiger partial charge < -0.3 is 20.3 Å². The predicted octanol–water partition coefficient (Wildman–Crippen LogP) is 21.4. The van der Waals surface area contributed by atoms with Crippen molar-refractivity contribution < 1.29 is 24.5 Å². The van der Waals surface area contributed by atoms with Crippen molar-refractivity contribution in [2.45, 2.75) is 386 Å². The van der Waals surface area contributed by atoms with Crippen LogP contribution < -0.4 is 5.32 Å². The predicted molar refractivity (Wildman–Crippen MR) is 324 cm³/mol. The minimum atomic E-state index is -0.854. The molecule has 0 heterocycles. The number of nitrogens with one attached hydrogen (secondary N) is 1. The highest BCUT2D eigenvalue weighted by atomic mass is 16.5. The fourth-order valence-electron chi connectivity index (χ4n) is 10.6. The van der Waals surface area contributed by atoms with Crippen molar-refractivity contribution in [1.82, 2.24) is 5.32 Å². The molecule has 0 bridgehead atoms. The Hall–Kier alpha value is -1.66. The van der Waals surface area contributed by atoms with Crippen LogP contribution in [0.4, 0.5) is 0 Å². The highest BCUT2D eigenvalue weighted by Gasteiger charge is 2.18. The van der Waals surface area contributed by atoms with Gasteiger partial charge >= 0.3 is 5.97 Å². The zero-order chi connectivity index (χ0) is 53.6. The number of ether oxygens (including phenoxy) is 1. The molecule has 6 heteroatoms. The smallest absolute Gasteiger partial charge is 0.305 e. The molecule has 0 aliphatic heterocycles. The molecule has 0 radical (unpaired) electrons. The summed E-state index contributed by atoms with van der Waals surface area (Å²) >= 11 is 0. The van der Waals surface area contributed by atoms with E-state index in [0.717, 1.165) is 57.8 Å². The van der Waals surface area contributed by atoms with Gasteiger partial charge in [-0.05, 0) is 57.8 Å². The molecule has 0 aromatic rings. The van der Waals surface area contributed by atoms with Gasteiger partial charge in [0, 0.05) is 12.8 Å². The largest absolute Gasteiger partial charge is 0.466 e. The first kappa shape index (κ1) is 72.3. The molecular formula is C68H131NO5. The Morgan fingerprint density at radius 2 is 0.635 bits per heavy atom. The van der Waals surface area contributed by atoms with Gasteiger partial charge in [-0.3, -0.25) is 9.59 Å². The van der Waals surface area contributed by atoms with Crippen molar-refractivity contribution in [2.75, 3.05) is 13.2 Å². The van der Waals surface area contributed by atoms with E-state index in [1.165, 1.54) is 289 Å². The molecule has 3 N–H and O–H groups in total. The minimum Gasteiger partial charge on any atom is -0.466 e. The van der Waals surface area contributed by atoms with Gasteiger partial charge in [0.2, 0.25) is 5.91 Å². The molecule has 0 saturated heterocycles. The molecule has 6 nitrogen and oxygen atoms in total. The fourth-order valence-corrected chi connectivity index (χ4v) is 10.6. The van der Waals surface area contributed by atoms with E-state index < -0.39 is 12.1 Å². The molecule has 0 aliphatic rings. The number of carbonyl (C=O) groups is 2. The molecule has 0 saturated carbocycles. The third-order valence-electron chi connectivity index (χ3n) is 15.7. The third kappa shape index (κ3) is 59.6. The Kier molecular flexibility index (Phi) is 62.4. The zero-order valence-electron chi connectivity index (χ0n) is 50.1. The van der Waals surface area contributed by atoms with Crippen molar-refractivity contribution in [3.63, 3.8) is 0 Å². The molecule has 0 aliphatic carbocycles. The number of unbranched alkanes of at least 4 members (excludes halogenated alkanes) is 50. The zero-order valence-corrected chi connectivity index (χ0v) is 50.1. The van der Waals surface area contributed by atoms with Crippen LogP contribution >= 0.6 is 0 Å². The SMILES string of the molecule is CCCCCCCCCCCCCCCCCCCCCCCC/C=C/C(O)C(CO)NC(=O)CCCCCCC/C=C\CCCCCCCCCCCOC(=O)CCCCCCCCCCCCCCCCC. The maximum Gasteiger partial charge on any atom is 0.305 e. The summed E-state index contributed by atoms with van der Waals surface area (Å²) in [6.45, 7) is 4.93. The van der Waals surface area contributed by atoms with Gasteiger partial charge in [0.05, 0.1) is 25.4 Å². The number of hydrogen-bond donors (Lipinski definition) is 3. The fraction of sp³-hybridized carbons (Fsp3) is 0.912. The van der Waals surface area contributed by atoms with Gasteiger partial charge in [0.15, 0.2) is 0 Å². The van der Waals surface area contributed by atoms with Crippen molar-refractivity contribution in [1.29, 1.82) is 0 Å². The summed E-state index contributed by atoms with van der Waals surface area (Å²) in [6.07, 6.45) is 79.5. The molecule has 2 unspecified atom stereocenters. The molecule has 0 rings (SSSR count). The molecule has 438 valence electrons. The number of hydrogen-bond acceptors (Lipinski definition) is 5. The van der Waals surface area contributed by atoms with Gasteiger partial charge in [-0.2, -0.15) is 0 Å². The lowest BCUT2D eigenvalue weighted by atomic mass is 10.0. The van der Waals surface area contributed by atoms with Crippen molar-refractivity contribution in [3.8, 4) is 0 Å². The first-order valence-corrected chi connectivity index (χ1v) is 33.6. The molecular weight excluding hydrogens is 911 g/mol. The van der Waals surface area contributed by atoms with E-state index >= 15 is 0 Å². The summed E-state index contributed by atoms with van der Waals surface area (Å²) in [5.41, 5.74) is 0. The summed E-state index contributed by atoms with van der Waals surface area (Å²) in [6, 6.07) is -0.639. The maximum absolute atomic E-state index is 12.5. The minimum absolute atomic E-state index is 0.00587. The van der Waals surface area contributed by atoms with Crippen LogP contribution in [-0.4, -0.2) is 47.4 Å². The van der Waals surface area contributed by atoms with Crippen LogP contribution in [-0.2, 0) is 14.3 Å². The van der Waals surface area contributed by atoms with Gasteiger partial charge in [-0.1, -0.05) is 327 Å².